The Morgan fingerprint density at radius 1 is 1.75 bits per heavy atom. The summed E-state index contributed by atoms with van der Waals surface area (Å²) in [5.41, 5.74) is 0.414. The van der Waals surface area contributed by atoms with Gasteiger partial charge in [0.15, 0.2) is 0 Å². The summed E-state index contributed by atoms with van der Waals surface area (Å²) in [4.78, 5) is 22.4. The van der Waals surface area contributed by atoms with Crippen LogP contribution in [-0.4, -0.2) is 35.6 Å². The predicted octanol–water partition coefficient (Wildman–Crippen LogP) is -1.20. The molecule has 5 nitrogen and oxygen atoms in total. The number of carbonyl (C=O) groups is 2. The molecule has 0 spiro atoms. The Balaban J connectivity index is 2.69. The molecule has 0 aromatic rings. The highest BCUT2D eigenvalue weighted by Gasteiger charge is 2.24. The summed E-state index contributed by atoms with van der Waals surface area (Å²) in [5, 5.41) is 11.3. The predicted molar refractivity (Wildman–Crippen MR) is 40.7 cm³/mol. The van der Waals surface area contributed by atoms with Gasteiger partial charge in [-0.05, 0) is 0 Å². The fraction of sp³-hybridized carbons (Fsp3) is 0.429. The van der Waals surface area contributed by atoms with Gasteiger partial charge in [0.1, 0.15) is 6.23 Å². The molecule has 0 saturated carbocycles. The Kier molecular flexibility index (Phi) is 2.44. The van der Waals surface area contributed by atoms with Gasteiger partial charge < -0.3 is 15.3 Å². The molecule has 1 heterocycles. The second kappa shape index (κ2) is 3.36. The molecule has 2 amide bonds. The first-order chi connectivity index (χ1) is 5.63. The Labute approximate surface area is 69.7 Å². The molecule has 0 aromatic carbocycles. The first-order valence-corrected chi connectivity index (χ1v) is 3.50. The molecule has 1 aliphatic heterocycles. The van der Waals surface area contributed by atoms with Crippen LogP contribution in [0.5, 0.6) is 0 Å². The largest absolute Gasteiger partial charge is 0.373 e. The average molecular weight is 170 g/mol. The van der Waals surface area contributed by atoms with Crippen molar-refractivity contribution in [3.8, 4) is 0 Å². The van der Waals surface area contributed by atoms with Crippen LogP contribution < -0.4 is 5.32 Å². The van der Waals surface area contributed by atoms with Crippen molar-refractivity contribution in [2.24, 2.45) is 0 Å². The zero-order valence-electron chi connectivity index (χ0n) is 6.65. The minimum atomic E-state index is -0.816. The van der Waals surface area contributed by atoms with Crippen LogP contribution >= 0.6 is 0 Å². The van der Waals surface area contributed by atoms with Gasteiger partial charge in [-0.1, -0.05) is 0 Å². The van der Waals surface area contributed by atoms with Crippen molar-refractivity contribution in [3.05, 3.63) is 11.8 Å². The van der Waals surface area contributed by atoms with E-state index >= 15 is 0 Å². The van der Waals surface area contributed by atoms with Crippen molar-refractivity contribution in [2.45, 2.75) is 12.6 Å². The normalized spacial score (nSPS) is 25.7. The number of amides is 2. The van der Waals surface area contributed by atoms with Crippen LogP contribution in [0.1, 0.15) is 6.42 Å². The zero-order valence-corrected chi connectivity index (χ0v) is 6.65. The fourth-order valence-electron chi connectivity index (χ4n) is 0.984. The first-order valence-electron chi connectivity index (χ1n) is 3.50. The van der Waals surface area contributed by atoms with E-state index in [0.717, 1.165) is 0 Å². The van der Waals surface area contributed by atoms with E-state index in [1.807, 2.05) is 0 Å². The molecule has 2 N–H and O–H groups in total. The molecular formula is C7H10N2O3. The molecule has 0 aliphatic carbocycles. The summed E-state index contributed by atoms with van der Waals surface area (Å²) >= 11 is 0. The van der Waals surface area contributed by atoms with Crippen molar-refractivity contribution in [1.82, 2.24) is 10.2 Å². The zero-order chi connectivity index (χ0) is 9.14. The lowest BCUT2D eigenvalue weighted by Gasteiger charge is -2.02. The van der Waals surface area contributed by atoms with E-state index in [1.165, 1.54) is 18.1 Å². The minimum absolute atomic E-state index is 0.247. The molecule has 1 saturated heterocycles. The van der Waals surface area contributed by atoms with E-state index in [-0.39, 0.29) is 12.3 Å². The fourth-order valence-corrected chi connectivity index (χ4v) is 0.984. The molecule has 1 aliphatic rings. The van der Waals surface area contributed by atoms with Gasteiger partial charge in [-0.25, -0.2) is 0 Å². The molecule has 0 aromatic heterocycles. The number of aliphatic hydroxyl groups is 1. The van der Waals surface area contributed by atoms with Crippen molar-refractivity contribution < 1.29 is 14.7 Å². The summed E-state index contributed by atoms with van der Waals surface area (Å²) in [5.74, 6) is -0.323. The minimum Gasteiger partial charge on any atom is -0.373 e. The third-order valence-corrected chi connectivity index (χ3v) is 1.53. The van der Waals surface area contributed by atoms with Gasteiger partial charge in [0, 0.05) is 25.2 Å². The van der Waals surface area contributed by atoms with Gasteiger partial charge in [-0.15, -0.1) is 0 Å². The number of hydrogen-bond acceptors (Lipinski definition) is 3. The maximum Gasteiger partial charge on any atom is 0.250 e. The molecule has 0 bridgehead atoms. The van der Waals surface area contributed by atoms with Gasteiger partial charge in [0.2, 0.25) is 6.41 Å². The highest BCUT2D eigenvalue weighted by Crippen LogP contribution is 2.12. The maximum atomic E-state index is 11.0. The lowest BCUT2D eigenvalue weighted by molar-refractivity contribution is -0.117. The lowest BCUT2D eigenvalue weighted by atomic mass is 10.2. The van der Waals surface area contributed by atoms with Crippen LogP contribution in [-0.2, 0) is 9.59 Å². The van der Waals surface area contributed by atoms with Crippen molar-refractivity contribution in [2.75, 3.05) is 7.05 Å². The number of nitrogens with zero attached hydrogens (tertiary/aromatic N) is 1. The second-order valence-electron chi connectivity index (χ2n) is 2.62. The standard InChI is InChI=1S/C7H10N2O3/c1-9(4-10)3-5-2-6(11)8-7(5)12/h3-4,6,11H,2H2,1H3,(H,8,12)/b5-3-/t6-/m0/s1. The van der Waals surface area contributed by atoms with Crippen molar-refractivity contribution >= 4 is 12.3 Å². The third-order valence-electron chi connectivity index (χ3n) is 1.53. The Hall–Kier alpha value is -1.36. The Bertz CT molecular complexity index is 237. The van der Waals surface area contributed by atoms with Crippen molar-refractivity contribution in [1.29, 1.82) is 0 Å². The quantitative estimate of drug-likeness (QED) is 0.404. The van der Waals surface area contributed by atoms with Crippen molar-refractivity contribution in [3.63, 3.8) is 0 Å². The van der Waals surface area contributed by atoms with Crippen LogP contribution in [0.2, 0.25) is 0 Å². The highest BCUT2D eigenvalue weighted by molar-refractivity contribution is 5.95. The van der Waals surface area contributed by atoms with Crippen LogP contribution in [0.3, 0.4) is 0 Å². The molecule has 1 fully saturated rings. The van der Waals surface area contributed by atoms with E-state index in [1.54, 1.807) is 0 Å². The molecular weight excluding hydrogens is 160 g/mol. The van der Waals surface area contributed by atoms with Crippen LogP contribution in [0, 0.1) is 0 Å². The summed E-state index contributed by atoms with van der Waals surface area (Å²) in [6.45, 7) is 0. The summed E-state index contributed by atoms with van der Waals surface area (Å²) in [6.07, 6.45) is 1.42. The Morgan fingerprint density at radius 2 is 2.42 bits per heavy atom. The molecule has 5 heteroatoms. The first kappa shape index (κ1) is 8.73. The van der Waals surface area contributed by atoms with Crippen LogP contribution in [0.15, 0.2) is 11.8 Å². The topological polar surface area (TPSA) is 69.6 Å². The lowest BCUT2D eigenvalue weighted by Crippen LogP contribution is -2.24. The highest BCUT2D eigenvalue weighted by atomic mass is 16.3. The smallest absolute Gasteiger partial charge is 0.250 e. The van der Waals surface area contributed by atoms with Crippen LogP contribution in [0.4, 0.5) is 0 Å². The van der Waals surface area contributed by atoms with Gasteiger partial charge in [0.25, 0.3) is 5.91 Å². The maximum absolute atomic E-state index is 11.0. The van der Waals surface area contributed by atoms with E-state index in [4.69, 9.17) is 5.11 Å². The van der Waals surface area contributed by atoms with E-state index in [9.17, 15) is 9.59 Å². The molecule has 0 radical (unpaired) electrons. The monoisotopic (exact) mass is 170 g/mol. The summed E-state index contributed by atoms with van der Waals surface area (Å²) in [7, 11) is 1.53. The van der Waals surface area contributed by atoms with E-state index < -0.39 is 6.23 Å². The molecule has 0 unspecified atom stereocenters. The molecule has 1 atom stereocenters. The number of nitrogens with one attached hydrogen (secondary N) is 1. The second-order valence-corrected chi connectivity index (χ2v) is 2.62. The average Bonchev–Trinajstić information content (AvgIpc) is 2.30. The number of carbonyl (C=O) groups excluding carboxylic acids is 2. The number of rotatable bonds is 2. The van der Waals surface area contributed by atoms with E-state index in [2.05, 4.69) is 5.32 Å². The van der Waals surface area contributed by atoms with E-state index in [0.29, 0.717) is 12.0 Å². The molecule has 1 rings (SSSR count). The molecule has 66 valence electrons. The Morgan fingerprint density at radius 3 is 2.83 bits per heavy atom. The van der Waals surface area contributed by atoms with Gasteiger partial charge in [-0.2, -0.15) is 0 Å². The SMILES string of the molecule is CN(C=O)/C=C1/C[C@H](O)NC1=O. The van der Waals surface area contributed by atoms with Gasteiger partial charge in [0.05, 0.1) is 0 Å². The number of aliphatic hydroxyl groups excluding tert-OH is 1. The number of hydrogen-bond donors (Lipinski definition) is 2. The van der Waals surface area contributed by atoms with Gasteiger partial charge >= 0.3 is 0 Å². The third kappa shape index (κ3) is 1.82. The van der Waals surface area contributed by atoms with Crippen LogP contribution in [0.25, 0.3) is 0 Å². The summed E-state index contributed by atoms with van der Waals surface area (Å²) in [6, 6.07) is 0. The summed E-state index contributed by atoms with van der Waals surface area (Å²) < 4.78 is 0. The molecule has 12 heavy (non-hydrogen) atoms. The van der Waals surface area contributed by atoms with Gasteiger partial charge in [-0.3, -0.25) is 9.59 Å².